The number of aliphatic carboxylic acids is 1. The highest BCUT2D eigenvalue weighted by Gasteiger charge is 2.59. The maximum Gasteiger partial charge on any atom is 0.352 e. The molecule has 8 nitrogen and oxygen atoms in total. The van der Waals surface area contributed by atoms with Crippen molar-refractivity contribution in [2.24, 2.45) is 18.9 Å². The molecule has 3 aliphatic rings. The molecule has 2 N–H and O–H groups in total. The topological polar surface area (TPSA) is 95.9 Å². The van der Waals surface area contributed by atoms with Crippen molar-refractivity contribution in [1.82, 2.24) is 9.47 Å². The number of ether oxygens (including phenoxy) is 1. The number of hydrogen-bond acceptors (Lipinski definition) is 4. The van der Waals surface area contributed by atoms with Gasteiger partial charge in [-0.3, -0.25) is 4.79 Å². The lowest BCUT2D eigenvalue weighted by molar-refractivity contribution is -0.671. The fraction of sp³-hybridized carbons (Fsp3) is 0.367. The van der Waals surface area contributed by atoms with Gasteiger partial charge in [0.2, 0.25) is 12.2 Å². The van der Waals surface area contributed by atoms with E-state index in [2.05, 4.69) is 41.4 Å². The van der Waals surface area contributed by atoms with Crippen LogP contribution >= 0.6 is 0 Å². The zero-order valence-corrected chi connectivity index (χ0v) is 21.7. The predicted octanol–water partition coefficient (Wildman–Crippen LogP) is 3.09. The number of aryl methyl sites for hydroxylation is 2. The summed E-state index contributed by atoms with van der Waals surface area (Å²) in [6, 6.07) is 14.1. The predicted molar refractivity (Wildman–Crippen MR) is 139 cm³/mol. The SMILES string of the molecule is CC(O)C1C(=O)N2C(C(=O)O)=C(COc3cccc4c3-c3ccccc3C4CCn3cc[n+](C)c3)[C@H](C)C12. The Morgan fingerprint density at radius 3 is 2.63 bits per heavy atom. The molecule has 5 atom stereocenters. The zero-order chi connectivity index (χ0) is 26.7. The van der Waals surface area contributed by atoms with Crippen molar-refractivity contribution in [1.29, 1.82) is 0 Å². The molecule has 0 bridgehead atoms. The first kappa shape index (κ1) is 24.4. The van der Waals surface area contributed by atoms with Crippen LogP contribution in [0.2, 0.25) is 0 Å². The number of nitrogens with zero attached hydrogens (tertiary/aromatic N) is 3. The fourth-order valence-corrected chi connectivity index (χ4v) is 6.66. The molecule has 0 saturated carbocycles. The molecule has 196 valence electrons. The maximum atomic E-state index is 12.7. The smallest absolute Gasteiger partial charge is 0.352 e. The van der Waals surface area contributed by atoms with Gasteiger partial charge in [0.1, 0.15) is 30.4 Å². The third-order valence-corrected chi connectivity index (χ3v) is 8.44. The van der Waals surface area contributed by atoms with E-state index in [9.17, 15) is 19.8 Å². The average molecular weight is 515 g/mol. The Morgan fingerprint density at radius 1 is 1.16 bits per heavy atom. The number of carboxylic acid groups (broad SMARTS) is 1. The number of carboxylic acids is 1. The third kappa shape index (κ3) is 3.66. The number of β-lactam (4-membered cyclic amide) rings is 1. The van der Waals surface area contributed by atoms with E-state index in [1.807, 2.05) is 42.9 Å². The standard InChI is InChI=1S/C30H31N3O5/c1-17-23(28(30(36)37)33-27(17)25(18(2)34)29(33)35)15-38-24-10-6-9-22-20(11-12-32-14-13-31(3)16-32)19-7-4-5-8-21(19)26(22)24/h4-10,13-14,16-18,20,25,27,34H,11-12,15H2,1-3H3/p+1/t17-,18?,20?,25?,27?/m0/s1. The second-order valence-electron chi connectivity index (χ2n) is 10.7. The van der Waals surface area contributed by atoms with Crippen molar-refractivity contribution in [3.8, 4) is 16.9 Å². The van der Waals surface area contributed by atoms with Crippen molar-refractivity contribution in [2.75, 3.05) is 6.61 Å². The van der Waals surface area contributed by atoms with Gasteiger partial charge in [-0.15, -0.1) is 0 Å². The van der Waals surface area contributed by atoms with Crippen LogP contribution in [0.25, 0.3) is 11.1 Å². The monoisotopic (exact) mass is 514 g/mol. The first-order valence-corrected chi connectivity index (χ1v) is 13.1. The Bertz CT molecular complexity index is 1470. The number of fused-ring (bicyclic) bond motifs is 4. The Morgan fingerprint density at radius 2 is 1.92 bits per heavy atom. The van der Waals surface area contributed by atoms with Crippen LogP contribution < -0.4 is 9.30 Å². The number of carbonyl (C=O) groups is 2. The zero-order valence-electron chi connectivity index (χ0n) is 21.7. The van der Waals surface area contributed by atoms with E-state index in [1.54, 1.807) is 6.92 Å². The van der Waals surface area contributed by atoms with E-state index in [-0.39, 0.29) is 36.1 Å². The number of aromatic nitrogens is 2. The number of carbonyl (C=O) groups excluding carboxylic acids is 1. The molecule has 1 aliphatic carbocycles. The van der Waals surface area contributed by atoms with Gasteiger partial charge in [-0.1, -0.05) is 43.3 Å². The molecular weight excluding hydrogens is 482 g/mol. The molecule has 1 amide bonds. The minimum atomic E-state index is -1.14. The Labute approximate surface area is 221 Å². The van der Waals surface area contributed by atoms with Crippen LogP contribution in [0.5, 0.6) is 5.75 Å². The van der Waals surface area contributed by atoms with Crippen LogP contribution in [-0.2, 0) is 23.2 Å². The van der Waals surface area contributed by atoms with Gasteiger partial charge < -0.3 is 19.8 Å². The molecule has 2 aliphatic heterocycles. The first-order chi connectivity index (χ1) is 18.3. The molecular formula is C30H32N3O5+. The number of amides is 1. The highest BCUT2D eigenvalue weighted by molar-refractivity contribution is 6.00. The number of rotatable bonds is 8. The lowest BCUT2D eigenvalue weighted by atomic mass is 9.78. The largest absolute Gasteiger partial charge is 0.488 e. The van der Waals surface area contributed by atoms with Crippen LogP contribution in [0.1, 0.15) is 37.3 Å². The highest BCUT2D eigenvalue weighted by atomic mass is 16.5. The molecule has 0 radical (unpaired) electrons. The van der Waals surface area contributed by atoms with Crippen LogP contribution in [0, 0.1) is 11.8 Å². The van der Waals surface area contributed by atoms with Crippen molar-refractivity contribution in [3.05, 3.63) is 83.6 Å². The Hall–Kier alpha value is -3.91. The lowest BCUT2D eigenvalue weighted by Crippen LogP contribution is -2.63. The van der Waals surface area contributed by atoms with E-state index in [0.29, 0.717) is 11.3 Å². The molecule has 4 unspecified atom stereocenters. The number of aliphatic hydroxyl groups is 1. The van der Waals surface area contributed by atoms with Crippen molar-refractivity contribution in [3.63, 3.8) is 0 Å². The molecule has 1 aromatic heterocycles. The maximum absolute atomic E-state index is 12.7. The van der Waals surface area contributed by atoms with Gasteiger partial charge in [0.25, 0.3) is 0 Å². The van der Waals surface area contributed by atoms with Crippen molar-refractivity contribution < 1.29 is 29.1 Å². The fourth-order valence-electron chi connectivity index (χ4n) is 6.66. The summed E-state index contributed by atoms with van der Waals surface area (Å²) in [6.45, 7) is 4.44. The summed E-state index contributed by atoms with van der Waals surface area (Å²) in [5, 5.41) is 20.1. The molecule has 3 heterocycles. The summed E-state index contributed by atoms with van der Waals surface area (Å²) in [5.74, 6) is -1.36. The molecule has 38 heavy (non-hydrogen) atoms. The summed E-state index contributed by atoms with van der Waals surface area (Å²) >= 11 is 0. The molecule has 8 heteroatoms. The van der Waals surface area contributed by atoms with Gasteiger partial charge in [-0.25, -0.2) is 13.9 Å². The molecule has 3 aromatic rings. The number of hydrogen-bond donors (Lipinski definition) is 2. The van der Waals surface area contributed by atoms with E-state index >= 15 is 0 Å². The van der Waals surface area contributed by atoms with E-state index in [0.717, 1.165) is 24.1 Å². The summed E-state index contributed by atoms with van der Waals surface area (Å²) in [6.07, 6.45) is 6.29. The number of benzene rings is 2. The normalized spacial score (nSPS) is 24.1. The lowest BCUT2D eigenvalue weighted by Gasteiger charge is -2.46. The van der Waals surface area contributed by atoms with Crippen molar-refractivity contribution >= 4 is 11.9 Å². The third-order valence-electron chi connectivity index (χ3n) is 8.44. The number of imidazole rings is 1. The van der Waals surface area contributed by atoms with Gasteiger partial charge >= 0.3 is 5.97 Å². The van der Waals surface area contributed by atoms with E-state index in [4.69, 9.17) is 4.74 Å². The summed E-state index contributed by atoms with van der Waals surface area (Å²) in [4.78, 5) is 26.2. The van der Waals surface area contributed by atoms with Crippen LogP contribution in [0.4, 0.5) is 0 Å². The molecule has 0 spiro atoms. The molecule has 2 aromatic carbocycles. The average Bonchev–Trinajstić information content (AvgIpc) is 3.52. The van der Waals surface area contributed by atoms with Crippen LogP contribution in [-0.4, -0.2) is 50.3 Å². The number of aliphatic hydroxyl groups excluding tert-OH is 1. The molecule has 1 fully saturated rings. The second kappa shape index (κ2) is 9.13. The minimum Gasteiger partial charge on any atom is -0.488 e. The molecule has 1 saturated heterocycles. The Kier molecular flexibility index (Phi) is 5.87. The van der Waals surface area contributed by atoms with Gasteiger partial charge in [-0.2, -0.15) is 0 Å². The second-order valence-corrected chi connectivity index (χ2v) is 10.7. The van der Waals surface area contributed by atoms with E-state index < -0.39 is 18.0 Å². The van der Waals surface area contributed by atoms with Gasteiger partial charge in [0, 0.05) is 23.0 Å². The Balaban J connectivity index is 1.30. The summed E-state index contributed by atoms with van der Waals surface area (Å²) < 4.78 is 10.6. The summed E-state index contributed by atoms with van der Waals surface area (Å²) in [7, 11) is 2.01. The quantitative estimate of drug-likeness (QED) is 0.356. The van der Waals surface area contributed by atoms with Gasteiger partial charge in [-0.05, 0) is 36.1 Å². The van der Waals surface area contributed by atoms with Gasteiger partial charge in [0.05, 0.1) is 31.7 Å². The van der Waals surface area contributed by atoms with Crippen LogP contribution in [0.3, 0.4) is 0 Å². The van der Waals surface area contributed by atoms with E-state index in [1.165, 1.54) is 16.0 Å². The van der Waals surface area contributed by atoms with Gasteiger partial charge in [0.15, 0.2) is 0 Å². The van der Waals surface area contributed by atoms with Crippen molar-refractivity contribution in [2.45, 2.75) is 44.9 Å². The highest BCUT2D eigenvalue weighted by Crippen LogP contribution is 2.51. The minimum absolute atomic E-state index is 0.00450. The first-order valence-electron chi connectivity index (χ1n) is 13.1. The summed E-state index contributed by atoms with van der Waals surface area (Å²) in [5.41, 5.74) is 5.25. The van der Waals surface area contributed by atoms with Crippen LogP contribution in [0.15, 0.2) is 72.5 Å². The molecule has 6 rings (SSSR count).